The molecule has 1 atom stereocenters. The second-order valence-corrected chi connectivity index (χ2v) is 8.99. The molecule has 0 fully saturated rings. The summed E-state index contributed by atoms with van der Waals surface area (Å²) in [7, 11) is 0. The molecule has 2 nitrogen and oxygen atoms in total. The predicted molar refractivity (Wildman–Crippen MR) is 124 cm³/mol. The number of alkyl halides is 3. The van der Waals surface area contributed by atoms with Crippen LogP contribution in [0.25, 0.3) is 22.0 Å². The monoisotopic (exact) mass is 456 g/mol. The minimum atomic E-state index is -4.43. The van der Waals surface area contributed by atoms with Gasteiger partial charge in [-0.15, -0.1) is 0 Å². The van der Waals surface area contributed by atoms with Crippen LogP contribution in [-0.4, -0.2) is 9.78 Å². The number of nitrogens with zero attached hydrogens (tertiary/aromatic N) is 2. The first kappa shape index (κ1) is 22.4. The zero-order valence-corrected chi connectivity index (χ0v) is 18.9. The SMILES string of the molecule is Cc1cc2nn(C(CC(C)C)c3ccccc3)cc2cc1-c1ccc(C(F)(F)F)cc1Cl. The van der Waals surface area contributed by atoms with Crippen molar-refractivity contribution in [3.63, 3.8) is 0 Å². The van der Waals surface area contributed by atoms with Crippen LogP contribution in [0.5, 0.6) is 0 Å². The maximum atomic E-state index is 13.0. The first-order chi connectivity index (χ1) is 15.1. The van der Waals surface area contributed by atoms with Crippen LogP contribution < -0.4 is 0 Å². The lowest BCUT2D eigenvalue weighted by molar-refractivity contribution is -0.137. The number of aryl methyl sites for hydroxylation is 1. The molecule has 3 aromatic carbocycles. The van der Waals surface area contributed by atoms with Crippen molar-refractivity contribution < 1.29 is 13.2 Å². The van der Waals surface area contributed by atoms with Crippen LogP contribution in [-0.2, 0) is 6.18 Å². The van der Waals surface area contributed by atoms with Crippen LogP contribution in [0.3, 0.4) is 0 Å². The zero-order valence-electron chi connectivity index (χ0n) is 18.1. The summed E-state index contributed by atoms with van der Waals surface area (Å²) in [6.07, 6.45) is -1.48. The highest BCUT2D eigenvalue weighted by atomic mass is 35.5. The van der Waals surface area contributed by atoms with Crippen molar-refractivity contribution in [1.29, 1.82) is 0 Å². The molecule has 0 radical (unpaired) electrons. The first-order valence-electron chi connectivity index (χ1n) is 10.5. The van der Waals surface area contributed by atoms with Gasteiger partial charge in [0.05, 0.1) is 17.1 Å². The van der Waals surface area contributed by atoms with E-state index in [1.807, 2.05) is 48.1 Å². The molecule has 4 rings (SSSR count). The van der Waals surface area contributed by atoms with Crippen molar-refractivity contribution in [2.45, 2.75) is 39.4 Å². The van der Waals surface area contributed by atoms with E-state index in [-0.39, 0.29) is 11.1 Å². The van der Waals surface area contributed by atoms with Gasteiger partial charge in [0, 0.05) is 22.2 Å². The molecule has 0 amide bonds. The van der Waals surface area contributed by atoms with E-state index >= 15 is 0 Å². The van der Waals surface area contributed by atoms with Gasteiger partial charge in [-0.05, 0) is 60.2 Å². The van der Waals surface area contributed by atoms with Crippen molar-refractivity contribution in [2.75, 3.05) is 0 Å². The molecule has 1 heterocycles. The van der Waals surface area contributed by atoms with Crippen LogP contribution in [0, 0.1) is 12.8 Å². The fourth-order valence-electron chi connectivity index (χ4n) is 4.07. The molecule has 0 bridgehead atoms. The Morgan fingerprint density at radius 2 is 1.69 bits per heavy atom. The van der Waals surface area contributed by atoms with Crippen molar-refractivity contribution in [2.24, 2.45) is 5.92 Å². The molecule has 32 heavy (non-hydrogen) atoms. The summed E-state index contributed by atoms with van der Waals surface area (Å²) < 4.78 is 41.1. The lowest BCUT2D eigenvalue weighted by Gasteiger charge is -2.20. The largest absolute Gasteiger partial charge is 0.416 e. The van der Waals surface area contributed by atoms with E-state index in [0.29, 0.717) is 11.5 Å². The smallest absolute Gasteiger partial charge is 0.264 e. The summed E-state index contributed by atoms with van der Waals surface area (Å²) in [6.45, 7) is 6.30. The van der Waals surface area contributed by atoms with Gasteiger partial charge in [0.2, 0.25) is 0 Å². The van der Waals surface area contributed by atoms with Gasteiger partial charge in [-0.3, -0.25) is 4.68 Å². The predicted octanol–water partition coefficient (Wildman–Crippen LogP) is 8.32. The first-order valence-corrected chi connectivity index (χ1v) is 10.9. The molecular weight excluding hydrogens is 433 g/mol. The number of hydrogen-bond acceptors (Lipinski definition) is 1. The number of hydrogen-bond donors (Lipinski definition) is 0. The van der Waals surface area contributed by atoms with Crippen molar-refractivity contribution in [3.8, 4) is 11.1 Å². The molecule has 6 heteroatoms. The number of fused-ring (bicyclic) bond motifs is 1. The third kappa shape index (κ3) is 4.53. The van der Waals surface area contributed by atoms with E-state index in [0.717, 1.165) is 40.6 Å². The van der Waals surface area contributed by atoms with E-state index < -0.39 is 11.7 Å². The topological polar surface area (TPSA) is 17.8 Å². The lowest BCUT2D eigenvalue weighted by atomic mass is 9.97. The third-order valence-corrected chi connectivity index (χ3v) is 5.97. The highest BCUT2D eigenvalue weighted by molar-refractivity contribution is 6.33. The summed E-state index contributed by atoms with van der Waals surface area (Å²) in [5, 5.41) is 5.84. The van der Waals surface area contributed by atoms with Crippen molar-refractivity contribution in [3.05, 3.63) is 88.6 Å². The van der Waals surface area contributed by atoms with Gasteiger partial charge < -0.3 is 0 Å². The van der Waals surface area contributed by atoms with Gasteiger partial charge in [-0.2, -0.15) is 18.3 Å². The standard InChI is InChI=1S/C26H24ClF3N2/c1-16(2)11-25(18-7-5-4-6-8-18)32-15-19-13-22(17(3)12-24(19)31-32)21-10-9-20(14-23(21)27)26(28,29)30/h4-10,12-16,25H,11H2,1-3H3. The molecule has 0 aliphatic carbocycles. The van der Waals surface area contributed by atoms with Gasteiger partial charge in [0.15, 0.2) is 0 Å². The van der Waals surface area contributed by atoms with Gasteiger partial charge >= 0.3 is 6.18 Å². The summed E-state index contributed by atoms with van der Waals surface area (Å²) in [4.78, 5) is 0. The maximum Gasteiger partial charge on any atom is 0.416 e. The van der Waals surface area contributed by atoms with Crippen LogP contribution in [0.2, 0.25) is 5.02 Å². The van der Waals surface area contributed by atoms with Gasteiger partial charge in [-0.1, -0.05) is 61.8 Å². The van der Waals surface area contributed by atoms with Crippen LogP contribution in [0.1, 0.15) is 43.0 Å². The van der Waals surface area contributed by atoms with Gasteiger partial charge in [-0.25, -0.2) is 0 Å². The molecule has 0 saturated heterocycles. The Balaban J connectivity index is 1.78. The normalized spacial score (nSPS) is 13.1. The van der Waals surface area contributed by atoms with E-state index in [1.54, 1.807) is 0 Å². The fraction of sp³-hybridized carbons (Fsp3) is 0.269. The molecule has 0 aliphatic heterocycles. The zero-order chi connectivity index (χ0) is 23.0. The molecule has 4 aromatic rings. The van der Waals surface area contributed by atoms with E-state index in [4.69, 9.17) is 16.7 Å². The highest BCUT2D eigenvalue weighted by Crippen LogP contribution is 2.38. The number of rotatable bonds is 5. The summed E-state index contributed by atoms with van der Waals surface area (Å²) in [5.41, 5.74) is 3.57. The van der Waals surface area contributed by atoms with Crippen LogP contribution >= 0.6 is 11.6 Å². The third-order valence-electron chi connectivity index (χ3n) is 5.65. The van der Waals surface area contributed by atoms with Crippen molar-refractivity contribution >= 4 is 22.5 Å². The summed E-state index contributed by atoms with van der Waals surface area (Å²) >= 11 is 6.27. The Labute approximate surface area is 190 Å². The molecule has 0 N–H and O–H groups in total. The number of benzene rings is 3. The molecular formula is C26H24ClF3N2. The van der Waals surface area contributed by atoms with E-state index in [1.165, 1.54) is 11.6 Å². The highest BCUT2D eigenvalue weighted by Gasteiger charge is 2.31. The Kier molecular flexibility index (Phi) is 6.04. The number of halogens is 4. The molecule has 166 valence electrons. The maximum absolute atomic E-state index is 13.0. The van der Waals surface area contributed by atoms with E-state index in [9.17, 15) is 13.2 Å². The van der Waals surface area contributed by atoms with Crippen molar-refractivity contribution in [1.82, 2.24) is 9.78 Å². The second-order valence-electron chi connectivity index (χ2n) is 8.58. The van der Waals surface area contributed by atoms with Gasteiger partial charge in [0.25, 0.3) is 0 Å². The molecule has 1 aromatic heterocycles. The average Bonchev–Trinajstić information content (AvgIpc) is 3.14. The van der Waals surface area contributed by atoms with E-state index in [2.05, 4.69) is 26.0 Å². The Morgan fingerprint density at radius 3 is 2.31 bits per heavy atom. The molecule has 0 aliphatic rings. The minimum Gasteiger partial charge on any atom is -0.264 e. The Bertz CT molecular complexity index is 1240. The summed E-state index contributed by atoms with van der Waals surface area (Å²) in [5.74, 6) is 0.482. The molecule has 0 spiro atoms. The average molecular weight is 457 g/mol. The molecule has 1 unspecified atom stereocenters. The van der Waals surface area contributed by atoms with Gasteiger partial charge in [0.1, 0.15) is 0 Å². The Hall–Kier alpha value is -2.79. The fourth-order valence-corrected chi connectivity index (χ4v) is 4.36. The number of aromatic nitrogens is 2. The summed E-state index contributed by atoms with van der Waals surface area (Å²) in [6, 6.07) is 17.8. The second kappa shape index (κ2) is 8.62. The van der Waals surface area contributed by atoms with Crippen LogP contribution in [0.4, 0.5) is 13.2 Å². The quantitative estimate of drug-likeness (QED) is 0.295. The van der Waals surface area contributed by atoms with Crippen LogP contribution in [0.15, 0.2) is 66.9 Å². The molecule has 0 saturated carbocycles. The Morgan fingerprint density at radius 1 is 0.969 bits per heavy atom. The minimum absolute atomic E-state index is 0.0802. The lowest BCUT2D eigenvalue weighted by Crippen LogP contribution is -2.13.